The normalized spacial score (nSPS) is 17.0. The SMILES string of the molecule is Cc1nc(C)c(CN=C(N)NC2CCOc3ccccc32)s1.I. The molecule has 7 heteroatoms. The van der Waals surface area contributed by atoms with E-state index in [9.17, 15) is 0 Å². The number of nitrogens with one attached hydrogen (secondary N) is 1. The number of aliphatic imine (C=N–C) groups is 1. The number of aryl methyl sites for hydroxylation is 2. The molecular weight excluding hydrogens is 423 g/mol. The summed E-state index contributed by atoms with van der Waals surface area (Å²) in [6.07, 6.45) is 0.881. The van der Waals surface area contributed by atoms with Crippen molar-refractivity contribution in [2.75, 3.05) is 6.61 Å². The zero-order valence-corrected chi connectivity index (χ0v) is 16.4. The Morgan fingerprint density at radius 1 is 1.43 bits per heavy atom. The minimum absolute atomic E-state index is 0. The number of guanidine groups is 1. The Bertz CT molecular complexity index is 701. The van der Waals surface area contributed by atoms with Gasteiger partial charge in [0.05, 0.1) is 29.9 Å². The fourth-order valence-electron chi connectivity index (χ4n) is 2.59. The van der Waals surface area contributed by atoms with Crippen LogP contribution in [0.1, 0.15) is 33.6 Å². The summed E-state index contributed by atoms with van der Waals surface area (Å²) in [4.78, 5) is 10.0. The van der Waals surface area contributed by atoms with Crippen molar-refractivity contribution in [2.24, 2.45) is 10.7 Å². The van der Waals surface area contributed by atoms with E-state index in [2.05, 4.69) is 21.4 Å². The number of benzene rings is 1. The average Bonchev–Trinajstić information content (AvgIpc) is 2.83. The summed E-state index contributed by atoms with van der Waals surface area (Å²) in [5.41, 5.74) is 8.22. The van der Waals surface area contributed by atoms with Gasteiger partial charge in [0.1, 0.15) is 5.75 Å². The number of aromatic nitrogens is 1. The van der Waals surface area contributed by atoms with Gasteiger partial charge in [0.2, 0.25) is 0 Å². The number of nitrogens with zero attached hydrogens (tertiary/aromatic N) is 2. The third-order valence-corrected chi connectivity index (χ3v) is 4.73. The van der Waals surface area contributed by atoms with Gasteiger partial charge in [-0.15, -0.1) is 35.3 Å². The van der Waals surface area contributed by atoms with E-state index in [-0.39, 0.29) is 30.0 Å². The Labute approximate surface area is 157 Å². The van der Waals surface area contributed by atoms with Crippen molar-refractivity contribution in [1.82, 2.24) is 10.3 Å². The molecule has 2 aromatic rings. The standard InChI is InChI=1S/C16H20N4OS.HI/c1-10-15(22-11(2)19-10)9-18-16(17)20-13-7-8-21-14-6-4-3-5-12(13)14;/h3-6,13H,7-9H2,1-2H3,(H3,17,18,20);1H. The van der Waals surface area contributed by atoms with E-state index >= 15 is 0 Å². The van der Waals surface area contributed by atoms with Crippen LogP contribution < -0.4 is 15.8 Å². The molecule has 5 nitrogen and oxygen atoms in total. The molecule has 23 heavy (non-hydrogen) atoms. The molecule has 0 amide bonds. The lowest BCUT2D eigenvalue weighted by atomic mass is 10.0. The molecular formula is C16H21IN4OS. The molecule has 0 fully saturated rings. The highest BCUT2D eigenvalue weighted by molar-refractivity contribution is 14.0. The van der Waals surface area contributed by atoms with Crippen LogP contribution in [0.4, 0.5) is 0 Å². The lowest BCUT2D eigenvalue weighted by molar-refractivity contribution is 0.262. The van der Waals surface area contributed by atoms with E-state index in [0.29, 0.717) is 19.1 Å². The Balaban J connectivity index is 0.00000192. The molecule has 1 aliphatic rings. The Morgan fingerprint density at radius 2 is 2.22 bits per heavy atom. The minimum Gasteiger partial charge on any atom is -0.493 e. The lowest BCUT2D eigenvalue weighted by Crippen LogP contribution is -2.37. The van der Waals surface area contributed by atoms with Gasteiger partial charge in [-0.05, 0) is 19.9 Å². The molecule has 0 saturated carbocycles. The second kappa shape index (κ2) is 7.96. The van der Waals surface area contributed by atoms with E-state index in [0.717, 1.165) is 33.3 Å². The highest BCUT2D eigenvalue weighted by Gasteiger charge is 2.21. The molecule has 0 saturated heterocycles. The van der Waals surface area contributed by atoms with E-state index in [1.165, 1.54) is 0 Å². The van der Waals surface area contributed by atoms with Crippen molar-refractivity contribution >= 4 is 41.3 Å². The zero-order chi connectivity index (χ0) is 15.5. The predicted octanol–water partition coefficient (Wildman–Crippen LogP) is 3.31. The lowest BCUT2D eigenvalue weighted by Gasteiger charge is -2.26. The maximum absolute atomic E-state index is 6.05. The largest absolute Gasteiger partial charge is 0.493 e. The van der Waals surface area contributed by atoms with Crippen molar-refractivity contribution in [2.45, 2.75) is 32.9 Å². The quantitative estimate of drug-likeness (QED) is 0.433. The molecule has 1 aliphatic heterocycles. The third kappa shape index (κ3) is 4.35. The van der Waals surface area contributed by atoms with Gasteiger partial charge in [-0.1, -0.05) is 18.2 Å². The number of fused-ring (bicyclic) bond motifs is 1. The average molecular weight is 444 g/mol. The van der Waals surface area contributed by atoms with Gasteiger partial charge >= 0.3 is 0 Å². The Kier molecular flexibility index (Phi) is 6.23. The molecule has 1 unspecified atom stereocenters. The number of nitrogens with two attached hydrogens (primary N) is 1. The highest BCUT2D eigenvalue weighted by Crippen LogP contribution is 2.31. The number of thiazole rings is 1. The summed E-state index contributed by atoms with van der Waals surface area (Å²) >= 11 is 1.67. The van der Waals surface area contributed by atoms with Crippen molar-refractivity contribution in [1.29, 1.82) is 0 Å². The zero-order valence-electron chi connectivity index (χ0n) is 13.2. The number of ether oxygens (including phenoxy) is 1. The molecule has 0 radical (unpaired) electrons. The maximum Gasteiger partial charge on any atom is 0.189 e. The molecule has 2 heterocycles. The fraction of sp³-hybridized carbons (Fsp3) is 0.375. The van der Waals surface area contributed by atoms with E-state index in [1.807, 2.05) is 32.0 Å². The number of para-hydroxylation sites is 1. The van der Waals surface area contributed by atoms with Crippen LogP contribution in [0.2, 0.25) is 0 Å². The van der Waals surface area contributed by atoms with Crippen LogP contribution in [0, 0.1) is 13.8 Å². The van der Waals surface area contributed by atoms with Crippen molar-refractivity contribution < 1.29 is 4.74 Å². The summed E-state index contributed by atoms with van der Waals surface area (Å²) in [6, 6.07) is 8.20. The van der Waals surface area contributed by atoms with Crippen LogP contribution in [-0.4, -0.2) is 17.6 Å². The van der Waals surface area contributed by atoms with Gasteiger partial charge in [0.15, 0.2) is 5.96 Å². The first-order valence-corrected chi connectivity index (χ1v) is 8.16. The Hall–Kier alpha value is -1.35. The summed E-state index contributed by atoms with van der Waals surface area (Å²) in [6.45, 7) is 5.27. The van der Waals surface area contributed by atoms with Gasteiger partial charge in [-0.25, -0.2) is 9.98 Å². The van der Waals surface area contributed by atoms with Gasteiger partial charge in [-0.3, -0.25) is 0 Å². The first kappa shape index (κ1) is 18.0. The number of halogens is 1. The van der Waals surface area contributed by atoms with E-state index in [4.69, 9.17) is 10.5 Å². The van der Waals surface area contributed by atoms with Crippen molar-refractivity contribution in [3.8, 4) is 5.75 Å². The second-order valence-corrected chi connectivity index (χ2v) is 6.60. The van der Waals surface area contributed by atoms with Crippen molar-refractivity contribution in [3.63, 3.8) is 0 Å². The summed E-state index contributed by atoms with van der Waals surface area (Å²) in [7, 11) is 0. The van der Waals surface area contributed by atoms with Crippen LogP contribution in [0.3, 0.4) is 0 Å². The predicted molar refractivity (Wildman–Crippen MR) is 105 cm³/mol. The topological polar surface area (TPSA) is 72.5 Å². The molecule has 0 aliphatic carbocycles. The highest BCUT2D eigenvalue weighted by atomic mass is 127. The van der Waals surface area contributed by atoms with Crippen LogP contribution in [-0.2, 0) is 6.54 Å². The van der Waals surface area contributed by atoms with E-state index in [1.54, 1.807) is 11.3 Å². The molecule has 0 bridgehead atoms. The van der Waals surface area contributed by atoms with Gasteiger partial charge in [0.25, 0.3) is 0 Å². The number of hydrogen-bond acceptors (Lipinski definition) is 4. The first-order valence-electron chi connectivity index (χ1n) is 7.34. The number of hydrogen-bond donors (Lipinski definition) is 2. The fourth-order valence-corrected chi connectivity index (χ4v) is 3.45. The number of rotatable bonds is 3. The summed E-state index contributed by atoms with van der Waals surface area (Å²) < 4.78 is 5.66. The van der Waals surface area contributed by atoms with E-state index < -0.39 is 0 Å². The summed E-state index contributed by atoms with van der Waals surface area (Å²) in [5, 5.41) is 4.37. The molecule has 0 spiro atoms. The molecule has 124 valence electrons. The van der Waals surface area contributed by atoms with Crippen LogP contribution in [0.15, 0.2) is 29.3 Å². The summed E-state index contributed by atoms with van der Waals surface area (Å²) in [5.74, 6) is 1.39. The molecule has 1 atom stereocenters. The smallest absolute Gasteiger partial charge is 0.189 e. The van der Waals surface area contributed by atoms with Crippen LogP contribution in [0.25, 0.3) is 0 Å². The monoisotopic (exact) mass is 444 g/mol. The molecule has 3 N–H and O–H groups in total. The molecule has 3 rings (SSSR count). The Morgan fingerprint density at radius 3 is 2.96 bits per heavy atom. The van der Waals surface area contributed by atoms with Gasteiger partial charge in [0, 0.05) is 16.9 Å². The van der Waals surface area contributed by atoms with Crippen molar-refractivity contribution in [3.05, 3.63) is 45.4 Å². The maximum atomic E-state index is 6.05. The van der Waals surface area contributed by atoms with Crippen LogP contribution in [0.5, 0.6) is 5.75 Å². The van der Waals surface area contributed by atoms with Crippen LogP contribution >= 0.6 is 35.3 Å². The third-order valence-electron chi connectivity index (χ3n) is 3.67. The van der Waals surface area contributed by atoms with Gasteiger partial charge < -0.3 is 15.8 Å². The van der Waals surface area contributed by atoms with Gasteiger partial charge in [-0.2, -0.15) is 0 Å². The molecule has 1 aromatic heterocycles. The molecule has 1 aromatic carbocycles. The first-order chi connectivity index (χ1) is 10.6. The second-order valence-electron chi connectivity index (χ2n) is 5.31. The minimum atomic E-state index is 0.